The van der Waals surface area contributed by atoms with E-state index in [9.17, 15) is 4.79 Å². The molecule has 0 bridgehead atoms. The van der Waals surface area contributed by atoms with Gasteiger partial charge in [-0.3, -0.25) is 4.79 Å². The normalized spacial score (nSPS) is 11.6. The van der Waals surface area contributed by atoms with E-state index in [0.717, 1.165) is 25.5 Å². The zero-order chi connectivity index (χ0) is 8.53. The second-order valence-electron chi connectivity index (χ2n) is 2.81. The van der Waals surface area contributed by atoms with Gasteiger partial charge in [0.2, 0.25) is 0 Å². The standard InChI is InChI=1S/C10H18O/c1-3-5-7-10(6-4-2)8-9-11/h8-9H,3-7H2,1-2H3/b10-8+. The highest BCUT2D eigenvalue weighted by atomic mass is 16.1. The fourth-order valence-corrected chi connectivity index (χ4v) is 1.11. The lowest BCUT2D eigenvalue weighted by atomic mass is 10.0. The van der Waals surface area contributed by atoms with Gasteiger partial charge in [0.15, 0.2) is 0 Å². The van der Waals surface area contributed by atoms with E-state index < -0.39 is 0 Å². The second kappa shape index (κ2) is 7.52. The molecule has 0 amide bonds. The van der Waals surface area contributed by atoms with E-state index in [1.54, 1.807) is 6.08 Å². The van der Waals surface area contributed by atoms with Gasteiger partial charge in [0.1, 0.15) is 6.29 Å². The lowest BCUT2D eigenvalue weighted by Gasteiger charge is -2.01. The van der Waals surface area contributed by atoms with Crippen molar-refractivity contribution >= 4 is 6.29 Å². The Balaban J connectivity index is 3.69. The number of hydrogen-bond donors (Lipinski definition) is 0. The Morgan fingerprint density at radius 1 is 1.18 bits per heavy atom. The molecule has 0 aromatic heterocycles. The van der Waals surface area contributed by atoms with Crippen LogP contribution < -0.4 is 0 Å². The zero-order valence-corrected chi connectivity index (χ0v) is 7.60. The van der Waals surface area contributed by atoms with Crippen LogP contribution in [-0.4, -0.2) is 6.29 Å². The van der Waals surface area contributed by atoms with Crippen LogP contribution in [0.15, 0.2) is 11.6 Å². The number of aldehydes is 1. The van der Waals surface area contributed by atoms with Gasteiger partial charge >= 0.3 is 0 Å². The van der Waals surface area contributed by atoms with Crippen LogP contribution in [0.1, 0.15) is 46.0 Å². The van der Waals surface area contributed by atoms with Crippen molar-refractivity contribution < 1.29 is 4.79 Å². The third-order valence-corrected chi connectivity index (χ3v) is 1.73. The predicted molar refractivity (Wildman–Crippen MR) is 48.6 cm³/mol. The first-order chi connectivity index (χ1) is 5.35. The summed E-state index contributed by atoms with van der Waals surface area (Å²) in [7, 11) is 0. The summed E-state index contributed by atoms with van der Waals surface area (Å²) < 4.78 is 0. The molecule has 0 rings (SSSR count). The molecule has 11 heavy (non-hydrogen) atoms. The Hall–Kier alpha value is -0.590. The van der Waals surface area contributed by atoms with Gasteiger partial charge in [0.25, 0.3) is 0 Å². The molecule has 0 heterocycles. The maximum atomic E-state index is 10.2. The number of hydrogen-bond acceptors (Lipinski definition) is 1. The minimum atomic E-state index is 0.903. The molecular formula is C10H18O. The molecule has 1 heteroatoms. The molecule has 0 spiro atoms. The maximum Gasteiger partial charge on any atom is 0.142 e. The zero-order valence-electron chi connectivity index (χ0n) is 7.60. The van der Waals surface area contributed by atoms with Crippen LogP contribution in [0, 0.1) is 0 Å². The highest BCUT2D eigenvalue weighted by Crippen LogP contribution is 2.12. The largest absolute Gasteiger partial charge is 0.299 e. The number of carbonyl (C=O) groups is 1. The summed E-state index contributed by atoms with van der Waals surface area (Å²) in [6.45, 7) is 4.31. The van der Waals surface area contributed by atoms with E-state index in [4.69, 9.17) is 0 Å². The lowest BCUT2D eigenvalue weighted by molar-refractivity contribution is -0.104. The summed E-state index contributed by atoms with van der Waals surface area (Å²) in [6.07, 6.45) is 8.37. The second-order valence-corrected chi connectivity index (χ2v) is 2.81. The van der Waals surface area contributed by atoms with Crippen molar-refractivity contribution in [3.63, 3.8) is 0 Å². The average molecular weight is 154 g/mol. The van der Waals surface area contributed by atoms with Crippen molar-refractivity contribution in [1.82, 2.24) is 0 Å². The van der Waals surface area contributed by atoms with Crippen LogP contribution in [0.4, 0.5) is 0 Å². The first-order valence-electron chi connectivity index (χ1n) is 4.48. The van der Waals surface area contributed by atoms with Crippen molar-refractivity contribution in [2.45, 2.75) is 46.0 Å². The number of allylic oxidation sites excluding steroid dienone is 2. The van der Waals surface area contributed by atoms with Crippen molar-refractivity contribution in [3.8, 4) is 0 Å². The molecule has 0 saturated heterocycles. The molecule has 0 aromatic rings. The van der Waals surface area contributed by atoms with Crippen LogP contribution in [0.3, 0.4) is 0 Å². The van der Waals surface area contributed by atoms with Crippen molar-refractivity contribution in [2.75, 3.05) is 0 Å². The summed E-state index contributed by atoms with van der Waals surface area (Å²) in [4.78, 5) is 10.2. The van der Waals surface area contributed by atoms with Crippen LogP contribution in [0.5, 0.6) is 0 Å². The minimum Gasteiger partial charge on any atom is -0.299 e. The van der Waals surface area contributed by atoms with Crippen molar-refractivity contribution in [2.24, 2.45) is 0 Å². The van der Waals surface area contributed by atoms with Crippen molar-refractivity contribution in [1.29, 1.82) is 0 Å². The van der Waals surface area contributed by atoms with Gasteiger partial charge in [0.05, 0.1) is 0 Å². The summed E-state index contributed by atoms with van der Waals surface area (Å²) in [5, 5.41) is 0. The number of carbonyl (C=O) groups excluding carboxylic acids is 1. The third kappa shape index (κ3) is 5.84. The highest BCUT2D eigenvalue weighted by molar-refractivity contribution is 5.66. The van der Waals surface area contributed by atoms with E-state index in [2.05, 4.69) is 13.8 Å². The van der Waals surface area contributed by atoms with E-state index in [1.165, 1.54) is 18.4 Å². The maximum absolute atomic E-state index is 10.2. The molecule has 0 saturated carbocycles. The molecule has 64 valence electrons. The Kier molecular flexibility index (Phi) is 7.11. The number of unbranched alkanes of at least 4 members (excludes halogenated alkanes) is 1. The van der Waals surface area contributed by atoms with E-state index in [-0.39, 0.29) is 0 Å². The van der Waals surface area contributed by atoms with Crippen LogP contribution >= 0.6 is 0 Å². The lowest BCUT2D eigenvalue weighted by Crippen LogP contribution is -1.84. The van der Waals surface area contributed by atoms with E-state index in [0.29, 0.717) is 0 Å². The summed E-state index contributed by atoms with van der Waals surface area (Å²) in [6, 6.07) is 0. The first kappa shape index (κ1) is 10.4. The van der Waals surface area contributed by atoms with Gasteiger partial charge in [-0.2, -0.15) is 0 Å². The fraction of sp³-hybridized carbons (Fsp3) is 0.700. The quantitative estimate of drug-likeness (QED) is 0.424. The molecule has 0 N–H and O–H groups in total. The highest BCUT2D eigenvalue weighted by Gasteiger charge is 1.93. The Morgan fingerprint density at radius 3 is 2.36 bits per heavy atom. The molecule has 0 aromatic carbocycles. The van der Waals surface area contributed by atoms with Crippen LogP contribution in [-0.2, 0) is 4.79 Å². The molecule has 0 aliphatic carbocycles. The van der Waals surface area contributed by atoms with Crippen molar-refractivity contribution in [3.05, 3.63) is 11.6 Å². The molecule has 0 unspecified atom stereocenters. The SMILES string of the molecule is CCCC/C(=C/C=O)CCC. The molecule has 0 atom stereocenters. The average Bonchev–Trinajstić information content (AvgIpc) is 2.01. The van der Waals surface area contributed by atoms with E-state index in [1.807, 2.05) is 0 Å². The number of rotatable bonds is 6. The topological polar surface area (TPSA) is 17.1 Å². The third-order valence-electron chi connectivity index (χ3n) is 1.73. The van der Waals surface area contributed by atoms with Crippen LogP contribution in [0.25, 0.3) is 0 Å². The summed E-state index contributed by atoms with van der Waals surface area (Å²) >= 11 is 0. The Bertz CT molecular complexity index is 125. The monoisotopic (exact) mass is 154 g/mol. The minimum absolute atomic E-state index is 0.903. The van der Waals surface area contributed by atoms with Gasteiger partial charge in [0, 0.05) is 0 Å². The van der Waals surface area contributed by atoms with Gasteiger partial charge < -0.3 is 0 Å². The molecule has 0 aliphatic heterocycles. The van der Waals surface area contributed by atoms with Gasteiger partial charge in [-0.25, -0.2) is 0 Å². The molecule has 0 aliphatic rings. The Morgan fingerprint density at radius 2 is 1.91 bits per heavy atom. The molecule has 0 radical (unpaired) electrons. The summed E-state index contributed by atoms with van der Waals surface area (Å²) in [5.41, 5.74) is 1.31. The van der Waals surface area contributed by atoms with Crippen LogP contribution in [0.2, 0.25) is 0 Å². The first-order valence-corrected chi connectivity index (χ1v) is 4.48. The van der Waals surface area contributed by atoms with Gasteiger partial charge in [-0.1, -0.05) is 32.3 Å². The van der Waals surface area contributed by atoms with E-state index >= 15 is 0 Å². The predicted octanol–water partition coefficient (Wildman–Crippen LogP) is 3.10. The van der Waals surface area contributed by atoms with Gasteiger partial charge in [-0.05, 0) is 25.3 Å². The molecule has 0 fully saturated rings. The van der Waals surface area contributed by atoms with Gasteiger partial charge in [-0.15, -0.1) is 0 Å². The fourth-order valence-electron chi connectivity index (χ4n) is 1.11. The Labute approximate surface area is 69.5 Å². The molecular weight excluding hydrogens is 136 g/mol. The smallest absolute Gasteiger partial charge is 0.142 e. The molecule has 1 nitrogen and oxygen atoms in total. The summed E-state index contributed by atoms with van der Waals surface area (Å²) in [5.74, 6) is 0.